The molecule has 6 nitrogen and oxygen atoms in total. The van der Waals surface area contributed by atoms with Crippen molar-refractivity contribution in [1.82, 2.24) is 14.9 Å². The fourth-order valence-corrected chi connectivity index (χ4v) is 4.50. The van der Waals surface area contributed by atoms with E-state index in [4.69, 9.17) is 0 Å². The molecule has 1 aliphatic rings. The van der Waals surface area contributed by atoms with Gasteiger partial charge in [-0.2, -0.15) is 4.31 Å². The zero-order valence-corrected chi connectivity index (χ0v) is 17.0. The summed E-state index contributed by atoms with van der Waals surface area (Å²) in [6, 6.07) is 7.12. The highest BCUT2D eigenvalue weighted by molar-refractivity contribution is 7.89. The lowest BCUT2D eigenvalue weighted by Crippen LogP contribution is -2.37. The van der Waals surface area contributed by atoms with E-state index in [0.717, 1.165) is 37.3 Å². The Hall–Kier alpha value is -1.60. The zero-order valence-electron chi connectivity index (χ0n) is 16.2. The van der Waals surface area contributed by atoms with Crippen molar-refractivity contribution in [3.05, 3.63) is 29.8 Å². The number of aliphatic imine (C=N–C) groups is 1. The van der Waals surface area contributed by atoms with E-state index in [0.29, 0.717) is 30.4 Å². The third-order valence-electron chi connectivity index (χ3n) is 4.56. The van der Waals surface area contributed by atoms with Gasteiger partial charge in [0.2, 0.25) is 10.0 Å². The summed E-state index contributed by atoms with van der Waals surface area (Å²) in [5.74, 6) is 1.48. The molecule has 0 amide bonds. The van der Waals surface area contributed by atoms with Crippen LogP contribution in [0, 0.1) is 5.92 Å². The van der Waals surface area contributed by atoms with Crippen LogP contribution in [0.3, 0.4) is 0 Å². The molecule has 0 aromatic heterocycles. The normalized spacial score (nSPS) is 16.2. The fourth-order valence-electron chi connectivity index (χ4n) is 2.98. The molecule has 1 fully saturated rings. The number of rotatable bonds is 8. The van der Waals surface area contributed by atoms with Gasteiger partial charge in [0, 0.05) is 33.2 Å². The van der Waals surface area contributed by atoms with Gasteiger partial charge in [-0.15, -0.1) is 0 Å². The van der Waals surface area contributed by atoms with Gasteiger partial charge in [0.25, 0.3) is 0 Å². The molecule has 0 unspecified atom stereocenters. The van der Waals surface area contributed by atoms with Crippen LogP contribution in [0.25, 0.3) is 0 Å². The molecule has 0 saturated carbocycles. The largest absolute Gasteiger partial charge is 0.356 e. The molecule has 26 heavy (non-hydrogen) atoms. The molecule has 0 bridgehead atoms. The predicted molar refractivity (Wildman–Crippen MR) is 107 cm³/mol. The standard InChI is InChI=1S/C19H32N4O2S/c1-16(2)7-6-12-21-19(20-3)22-15-17-8-10-18(11-9-17)26(24,25)23-13-4-5-14-23/h8-11,16H,4-7,12-15H2,1-3H3,(H2,20,21,22). The van der Waals surface area contributed by atoms with Crippen LogP contribution < -0.4 is 10.6 Å². The van der Waals surface area contributed by atoms with Crippen molar-refractivity contribution >= 4 is 16.0 Å². The van der Waals surface area contributed by atoms with Gasteiger partial charge in [-0.05, 0) is 49.3 Å². The van der Waals surface area contributed by atoms with Crippen LogP contribution in [0.15, 0.2) is 34.2 Å². The van der Waals surface area contributed by atoms with E-state index >= 15 is 0 Å². The second kappa shape index (κ2) is 9.92. The SMILES string of the molecule is CN=C(NCCCC(C)C)NCc1ccc(S(=O)(=O)N2CCCC2)cc1. The highest BCUT2D eigenvalue weighted by Gasteiger charge is 2.26. The quantitative estimate of drug-likeness (QED) is 0.413. The maximum absolute atomic E-state index is 12.5. The Bertz CT molecular complexity index is 678. The minimum absolute atomic E-state index is 0.374. The summed E-state index contributed by atoms with van der Waals surface area (Å²) in [5, 5.41) is 6.57. The second-order valence-electron chi connectivity index (χ2n) is 7.14. The lowest BCUT2D eigenvalue weighted by atomic mass is 10.1. The molecule has 0 atom stereocenters. The third-order valence-corrected chi connectivity index (χ3v) is 6.47. The summed E-state index contributed by atoms with van der Waals surface area (Å²) in [5.41, 5.74) is 1.02. The van der Waals surface area contributed by atoms with Gasteiger partial charge >= 0.3 is 0 Å². The summed E-state index contributed by atoms with van der Waals surface area (Å²) in [6.45, 7) is 7.20. The van der Waals surface area contributed by atoms with Crippen molar-refractivity contribution in [2.75, 3.05) is 26.7 Å². The van der Waals surface area contributed by atoms with Crippen molar-refractivity contribution in [2.24, 2.45) is 10.9 Å². The molecule has 0 aliphatic carbocycles. The van der Waals surface area contributed by atoms with Gasteiger partial charge in [0.05, 0.1) is 4.90 Å². The lowest BCUT2D eigenvalue weighted by Gasteiger charge is -2.16. The number of nitrogens with one attached hydrogen (secondary N) is 2. The van der Waals surface area contributed by atoms with Crippen molar-refractivity contribution in [3.63, 3.8) is 0 Å². The molecular formula is C19H32N4O2S. The maximum atomic E-state index is 12.5. The summed E-state index contributed by atoms with van der Waals surface area (Å²) in [6.07, 6.45) is 4.20. The lowest BCUT2D eigenvalue weighted by molar-refractivity contribution is 0.477. The van der Waals surface area contributed by atoms with E-state index in [1.807, 2.05) is 12.1 Å². The Kier molecular flexibility index (Phi) is 7.90. The third kappa shape index (κ3) is 5.99. The zero-order chi connectivity index (χ0) is 19.0. The Balaban J connectivity index is 1.84. The molecule has 2 N–H and O–H groups in total. The van der Waals surface area contributed by atoms with Crippen LogP contribution in [0.4, 0.5) is 0 Å². The van der Waals surface area contributed by atoms with Crippen molar-refractivity contribution in [2.45, 2.75) is 51.0 Å². The average molecular weight is 381 g/mol. The highest BCUT2D eigenvalue weighted by Crippen LogP contribution is 2.21. The Morgan fingerprint density at radius 2 is 1.81 bits per heavy atom. The van der Waals surface area contributed by atoms with Crippen molar-refractivity contribution in [1.29, 1.82) is 0 Å². The fraction of sp³-hybridized carbons (Fsp3) is 0.632. The van der Waals surface area contributed by atoms with Gasteiger partial charge in [-0.25, -0.2) is 8.42 Å². The highest BCUT2D eigenvalue weighted by atomic mass is 32.2. The average Bonchev–Trinajstić information content (AvgIpc) is 3.17. The van der Waals surface area contributed by atoms with Gasteiger partial charge in [-0.1, -0.05) is 26.0 Å². The molecule has 1 heterocycles. The number of guanidine groups is 1. The first-order valence-electron chi connectivity index (χ1n) is 9.47. The van der Waals surface area contributed by atoms with Gasteiger partial charge < -0.3 is 10.6 Å². The summed E-state index contributed by atoms with van der Waals surface area (Å²) in [7, 11) is -1.58. The van der Waals surface area contributed by atoms with Gasteiger partial charge in [0.1, 0.15) is 0 Å². The first-order chi connectivity index (χ1) is 12.4. The van der Waals surface area contributed by atoms with E-state index in [9.17, 15) is 8.42 Å². The molecule has 1 saturated heterocycles. The number of nitrogens with zero attached hydrogens (tertiary/aromatic N) is 2. The Labute approximate surface area is 158 Å². The number of hydrogen-bond acceptors (Lipinski definition) is 3. The molecule has 0 radical (unpaired) electrons. The van der Waals surface area contributed by atoms with Gasteiger partial charge in [0.15, 0.2) is 5.96 Å². The predicted octanol–water partition coefficient (Wildman–Crippen LogP) is 2.57. The van der Waals surface area contributed by atoms with E-state index in [1.54, 1.807) is 23.5 Å². The van der Waals surface area contributed by atoms with Crippen LogP contribution >= 0.6 is 0 Å². The smallest absolute Gasteiger partial charge is 0.243 e. The first kappa shape index (κ1) is 20.7. The summed E-state index contributed by atoms with van der Waals surface area (Å²) < 4.78 is 26.6. The number of sulfonamides is 1. The van der Waals surface area contributed by atoms with Crippen LogP contribution in [0.2, 0.25) is 0 Å². The van der Waals surface area contributed by atoms with E-state index in [1.165, 1.54) is 6.42 Å². The molecular weight excluding hydrogens is 348 g/mol. The van der Waals surface area contributed by atoms with Crippen LogP contribution in [0.1, 0.15) is 45.1 Å². The van der Waals surface area contributed by atoms with Crippen LogP contribution in [0.5, 0.6) is 0 Å². The molecule has 0 spiro atoms. The Morgan fingerprint density at radius 3 is 2.38 bits per heavy atom. The van der Waals surface area contributed by atoms with Gasteiger partial charge in [-0.3, -0.25) is 4.99 Å². The second-order valence-corrected chi connectivity index (χ2v) is 9.08. The first-order valence-corrected chi connectivity index (χ1v) is 10.9. The minimum Gasteiger partial charge on any atom is -0.356 e. The minimum atomic E-state index is -3.34. The summed E-state index contributed by atoms with van der Waals surface area (Å²) in [4.78, 5) is 4.60. The Morgan fingerprint density at radius 1 is 1.15 bits per heavy atom. The molecule has 7 heteroatoms. The maximum Gasteiger partial charge on any atom is 0.243 e. The van der Waals surface area contributed by atoms with E-state index in [-0.39, 0.29) is 0 Å². The molecule has 1 aromatic rings. The van der Waals surface area contributed by atoms with Crippen molar-refractivity contribution in [3.8, 4) is 0 Å². The van der Waals surface area contributed by atoms with E-state index in [2.05, 4.69) is 29.5 Å². The molecule has 1 aliphatic heterocycles. The van der Waals surface area contributed by atoms with Crippen LogP contribution in [-0.4, -0.2) is 45.4 Å². The van der Waals surface area contributed by atoms with E-state index < -0.39 is 10.0 Å². The van der Waals surface area contributed by atoms with Crippen LogP contribution in [-0.2, 0) is 16.6 Å². The number of hydrogen-bond donors (Lipinski definition) is 2. The monoisotopic (exact) mass is 380 g/mol. The summed E-state index contributed by atoms with van der Waals surface area (Å²) >= 11 is 0. The molecule has 1 aromatic carbocycles. The van der Waals surface area contributed by atoms with Crippen molar-refractivity contribution < 1.29 is 8.42 Å². The topological polar surface area (TPSA) is 73.8 Å². The number of benzene rings is 1. The molecule has 146 valence electrons. The molecule has 2 rings (SSSR count).